The highest BCUT2D eigenvalue weighted by Gasteiger charge is 2.25. The van der Waals surface area contributed by atoms with Crippen LogP contribution in [0.25, 0.3) is 0 Å². The molecule has 53 heavy (non-hydrogen) atoms. The van der Waals surface area contributed by atoms with E-state index in [1.807, 2.05) is 6.08 Å². The highest BCUT2D eigenvalue weighted by Crippen LogP contribution is 2.43. The van der Waals surface area contributed by atoms with Crippen LogP contribution in [0.15, 0.2) is 48.6 Å². The smallest absolute Gasteiger partial charge is 0.462 e. The summed E-state index contributed by atoms with van der Waals surface area (Å²) in [5, 5.41) is 0. The third kappa shape index (κ3) is 39.5. The summed E-state index contributed by atoms with van der Waals surface area (Å²) < 4.78 is 32.7. The van der Waals surface area contributed by atoms with E-state index in [4.69, 9.17) is 24.3 Å². The first kappa shape index (κ1) is 51.0. The number of hydrogen-bond donors (Lipinski definition) is 2. The Kier molecular flexibility index (Phi) is 38.1. The molecule has 0 spiro atoms. The number of nitrogens with two attached hydrogens (primary N) is 1. The number of phosphoric ester groups is 1. The topological polar surface area (TPSA) is 134 Å². The van der Waals surface area contributed by atoms with Crippen LogP contribution in [0.2, 0.25) is 0 Å². The molecule has 0 rings (SSSR count). The fourth-order valence-electron chi connectivity index (χ4n) is 5.51. The Morgan fingerprint density at radius 1 is 0.566 bits per heavy atom. The van der Waals surface area contributed by atoms with Gasteiger partial charge in [-0.2, -0.15) is 0 Å². The van der Waals surface area contributed by atoms with Crippen LogP contribution in [0.4, 0.5) is 0 Å². The Hall–Kier alpha value is -2.03. The number of hydrogen-bond acceptors (Lipinski definition) is 8. The zero-order chi connectivity index (χ0) is 38.9. The molecule has 9 nitrogen and oxygen atoms in total. The minimum Gasteiger partial charge on any atom is -0.462 e. The van der Waals surface area contributed by atoms with Crippen LogP contribution in [0, 0.1) is 0 Å². The maximum atomic E-state index is 12.5. The number of unbranched alkanes of at least 4 members (excludes halogenated alkanes) is 18. The standard InChI is InChI=1S/C43H78NO8P/c1-3-5-7-9-11-13-15-17-19-20-22-24-26-28-30-32-34-36-43(46)52-41(40-51-53(47,48)50-38-37-44)39-49-42(45)35-33-31-29-27-25-23-21-18-16-14-12-10-8-6-4-2/h10,12,17,19,22,24,28,30,41H,3-9,11,13-16,18,20-21,23,25-27,29,31-40,44H2,1-2H3,(H,47,48)/b12-10+,19-17+,24-22+,30-28+/t41-/m1/s1. The summed E-state index contributed by atoms with van der Waals surface area (Å²) in [6, 6.07) is 0. The Labute approximate surface area is 324 Å². The maximum Gasteiger partial charge on any atom is 0.472 e. The van der Waals surface area contributed by atoms with E-state index >= 15 is 0 Å². The lowest BCUT2D eigenvalue weighted by Gasteiger charge is -2.19. The van der Waals surface area contributed by atoms with E-state index < -0.39 is 32.5 Å². The molecule has 0 aliphatic rings. The van der Waals surface area contributed by atoms with Gasteiger partial charge in [-0.1, -0.05) is 152 Å². The van der Waals surface area contributed by atoms with Crippen LogP contribution in [0.1, 0.15) is 181 Å². The molecule has 0 aromatic heterocycles. The molecule has 0 aromatic rings. The minimum absolute atomic E-state index is 0.0443. The molecule has 0 radical (unpaired) electrons. The summed E-state index contributed by atoms with van der Waals surface area (Å²) >= 11 is 0. The normalized spacial score (nSPS) is 13.8. The van der Waals surface area contributed by atoms with Gasteiger partial charge in [0.05, 0.1) is 13.2 Å². The van der Waals surface area contributed by atoms with Crippen LogP contribution in [-0.2, 0) is 32.7 Å². The van der Waals surface area contributed by atoms with Crippen molar-refractivity contribution in [1.29, 1.82) is 0 Å². The molecule has 308 valence electrons. The molecule has 0 fully saturated rings. The van der Waals surface area contributed by atoms with Gasteiger partial charge in [0.1, 0.15) is 6.61 Å². The fourth-order valence-corrected chi connectivity index (χ4v) is 6.28. The number of ether oxygens (including phenoxy) is 2. The summed E-state index contributed by atoms with van der Waals surface area (Å²) in [6.07, 6.45) is 44.3. The number of carbonyl (C=O) groups excluding carboxylic acids is 2. The summed E-state index contributed by atoms with van der Waals surface area (Å²) in [4.78, 5) is 34.8. The molecule has 0 amide bonds. The predicted molar refractivity (Wildman–Crippen MR) is 220 cm³/mol. The second kappa shape index (κ2) is 39.7. The second-order valence-electron chi connectivity index (χ2n) is 13.8. The monoisotopic (exact) mass is 768 g/mol. The zero-order valence-corrected chi connectivity index (χ0v) is 34.6. The lowest BCUT2D eigenvalue weighted by Crippen LogP contribution is -2.29. The number of phosphoric acid groups is 1. The van der Waals surface area contributed by atoms with Gasteiger partial charge in [-0.3, -0.25) is 18.6 Å². The summed E-state index contributed by atoms with van der Waals surface area (Å²) in [5.74, 6) is -0.893. The Balaban J connectivity index is 4.26. The molecule has 0 saturated carbocycles. The van der Waals surface area contributed by atoms with E-state index in [9.17, 15) is 19.0 Å². The molecule has 10 heteroatoms. The lowest BCUT2D eigenvalue weighted by atomic mass is 10.1. The van der Waals surface area contributed by atoms with Crippen LogP contribution >= 0.6 is 7.82 Å². The molecule has 0 saturated heterocycles. The summed E-state index contributed by atoms with van der Waals surface area (Å²) in [5.41, 5.74) is 5.34. The van der Waals surface area contributed by atoms with E-state index in [1.165, 1.54) is 103 Å². The van der Waals surface area contributed by atoms with Crippen molar-refractivity contribution >= 4 is 19.8 Å². The first-order chi connectivity index (χ1) is 25.8. The molecule has 3 N–H and O–H groups in total. The van der Waals surface area contributed by atoms with Gasteiger partial charge in [0.15, 0.2) is 6.10 Å². The van der Waals surface area contributed by atoms with E-state index in [1.54, 1.807) is 0 Å². The molecule has 2 atom stereocenters. The first-order valence-electron chi connectivity index (χ1n) is 21.1. The van der Waals surface area contributed by atoms with Gasteiger partial charge in [-0.15, -0.1) is 0 Å². The molecule has 0 heterocycles. The average molecular weight is 768 g/mol. The van der Waals surface area contributed by atoms with Gasteiger partial charge in [-0.05, 0) is 64.2 Å². The van der Waals surface area contributed by atoms with Crippen LogP contribution in [0.5, 0.6) is 0 Å². The van der Waals surface area contributed by atoms with Gasteiger partial charge in [0.25, 0.3) is 0 Å². The molecule has 0 aromatic carbocycles. The zero-order valence-electron chi connectivity index (χ0n) is 33.7. The second-order valence-corrected chi connectivity index (χ2v) is 15.3. The van der Waals surface area contributed by atoms with E-state index in [0.717, 1.165) is 38.5 Å². The van der Waals surface area contributed by atoms with Crippen molar-refractivity contribution in [2.75, 3.05) is 26.4 Å². The van der Waals surface area contributed by atoms with Crippen LogP contribution in [0.3, 0.4) is 0 Å². The molecular weight excluding hydrogens is 689 g/mol. The maximum absolute atomic E-state index is 12.5. The molecular formula is C43H78NO8P. The third-order valence-corrected chi connectivity index (χ3v) is 9.67. The molecule has 0 bridgehead atoms. The van der Waals surface area contributed by atoms with Gasteiger partial charge in [-0.25, -0.2) is 4.57 Å². The van der Waals surface area contributed by atoms with Crippen molar-refractivity contribution in [2.24, 2.45) is 5.73 Å². The Morgan fingerprint density at radius 3 is 1.58 bits per heavy atom. The van der Waals surface area contributed by atoms with Crippen molar-refractivity contribution in [3.05, 3.63) is 48.6 Å². The quantitative estimate of drug-likeness (QED) is 0.0271. The van der Waals surface area contributed by atoms with Gasteiger partial charge >= 0.3 is 19.8 Å². The average Bonchev–Trinajstić information content (AvgIpc) is 3.14. The third-order valence-electron chi connectivity index (χ3n) is 8.69. The first-order valence-corrected chi connectivity index (χ1v) is 22.6. The van der Waals surface area contributed by atoms with E-state index in [-0.39, 0.29) is 32.6 Å². The van der Waals surface area contributed by atoms with Gasteiger partial charge in [0, 0.05) is 19.4 Å². The Morgan fingerprint density at radius 2 is 1.02 bits per heavy atom. The predicted octanol–water partition coefficient (Wildman–Crippen LogP) is 11.9. The fraction of sp³-hybridized carbons (Fsp3) is 0.767. The van der Waals surface area contributed by atoms with Crippen molar-refractivity contribution in [3.8, 4) is 0 Å². The van der Waals surface area contributed by atoms with E-state index in [0.29, 0.717) is 12.8 Å². The number of rotatable bonds is 39. The van der Waals surface area contributed by atoms with E-state index in [2.05, 4.69) is 56.4 Å². The number of allylic oxidation sites excluding steroid dienone is 8. The Bertz CT molecular complexity index is 1010. The van der Waals surface area contributed by atoms with Crippen molar-refractivity contribution in [3.63, 3.8) is 0 Å². The highest BCUT2D eigenvalue weighted by molar-refractivity contribution is 7.47. The molecule has 0 aliphatic heterocycles. The van der Waals surface area contributed by atoms with Gasteiger partial charge < -0.3 is 20.1 Å². The molecule has 1 unspecified atom stereocenters. The number of esters is 2. The van der Waals surface area contributed by atoms with Crippen LogP contribution in [-0.4, -0.2) is 49.3 Å². The molecule has 0 aliphatic carbocycles. The van der Waals surface area contributed by atoms with Crippen molar-refractivity contribution in [1.82, 2.24) is 0 Å². The summed E-state index contributed by atoms with van der Waals surface area (Å²) in [7, 11) is -4.39. The summed E-state index contributed by atoms with van der Waals surface area (Å²) in [6.45, 7) is 3.63. The SMILES string of the molecule is CCCC/C=C/CCCCCCCCCCCC(=O)OC[C@H](COP(=O)(O)OCCN)OC(=O)CCC/C=C/C/C=C/C/C=C/CCCCCCCC. The lowest BCUT2D eigenvalue weighted by molar-refractivity contribution is -0.161. The highest BCUT2D eigenvalue weighted by atomic mass is 31.2. The van der Waals surface area contributed by atoms with Gasteiger partial charge in [0.2, 0.25) is 0 Å². The minimum atomic E-state index is -4.39. The van der Waals surface area contributed by atoms with Crippen LogP contribution < -0.4 is 5.73 Å². The van der Waals surface area contributed by atoms with Crippen molar-refractivity contribution in [2.45, 2.75) is 187 Å². The largest absolute Gasteiger partial charge is 0.472 e. The van der Waals surface area contributed by atoms with Crippen molar-refractivity contribution < 1.29 is 37.6 Å². The number of carbonyl (C=O) groups is 2.